The van der Waals surface area contributed by atoms with Gasteiger partial charge in [0.1, 0.15) is 12.2 Å². The molecule has 2 N–H and O–H groups in total. The van der Waals surface area contributed by atoms with E-state index in [2.05, 4.69) is 0 Å². The van der Waals surface area contributed by atoms with Gasteiger partial charge in [-0.15, -0.1) is 0 Å². The largest absolute Gasteiger partial charge is 0.327 e. The Morgan fingerprint density at radius 3 is 2.81 bits per heavy atom. The molecule has 16 heavy (non-hydrogen) atoms. The van der Waals surface area contributed by atoms with Gasteiger partial charge in [0.2, 0.25) is 5.91 Å². The number of carbonyl (C=O) groups excluding carboxylic acids is 1. The van der Waals surface area contributed by atoms with E-state index in [9.17, 15) is 9.18 Å². The Balaban J connectivity index is 2.07. The highest BCUT2D eigenvalue weighted by molar-refractivity contribution is 5.81. The third kappa shape index (κ3) is 1.90. The van der Waals surface area contributed by atoms with Crippen LogP contribution in [0, 0.1) is 17.2 Å². The SMILES string of the molecule is N#C[C@@H]1C[C@H](F)CN1C(=O)C1CCCC1N. The fraction of sp³-hybridized carbons (Fsp3) is 0.818. The quantitative estimate of drug-likeness (QED) is 0.709. The summed E-state index contributed by atoms with van der Waals surface area (Å²) in [6.07, 6.45) is 1.64. The molecule has 4 nitrogen and oxygen atoms in total. The van der Waals surface area contributed by atoms with Crippen molar-refractivity contribution in [2.24, 2.45) is 11.7 Å². The van der Waals surface area contributed by atoms with E-state index in [0.717, 1.165) is 19.3 Å². The predicted molar refractivity (Wildman–Crippen MR) is 55.9 cm³/mol. The number of amides is 1. The molecule has 0 aromatic rings. The second-order valence-electron chi connectivity index (χ2n) is 4.67. The first-order valence-corrected chi connectivity index (χ1v) is 5.73. The lowest BCUT2D eigenvalue weighted by Crippen LogP contribution is -2.43. The molecule has 1 heterocycles. The van der Waals surface area contributed by atoms with Gasteiger partial charge in [0.15, 0.2) is 0 Å². The maximum absolute atomic E-state index is 13.2. The molecule has 5 heteroatoms. The molecule has 0 bridgehead atoms. The average molecular weight is 225 g/mol. The van der Waals surface area contributed by atoms with Crippen LogP contribution in [-0.2, 0) is 4.79 Å². The summed E-state index contributed by atoms with van der Waals surface area (Å²) in [6.45, 7) is 0.0558. The van der Waals surface area contributed by atoms with Crippen LogP contribution in [0.1, 0.15) is 25.7 Å². The van der Waals surface area contributed by atoms with Crippen LogP contribution in [0.15, 0.2) is 0 Å². The van der Waals surface area contributed by atoms with Crippen LogP contribution in [0.5, 0.6) is 0 Å². The smallest absolute Gasteiger partial charge is 0.228 e. The van der Waals surface area contributed by atoms with Gasteiger partial charge in [-0.3, -0.25) is 4.79 Å². The molecule has 1 aliphatic heterocycles. The molecular formula is C11H16FN3O. The summed E-state index contributed by atoms with van der Waals surface area (Å²) in [5, 5.41) is 8.87. The monoisotopic (exact) mass is 225 g/mol. The Bertz CT molecular complexity index is 328. The minimum atomic E-state index is -1.06. The van der Waals surface area contributed by atoms with Crippen molar-refractivity contribution in [3.8, 4) is 6.07 Å². The molecule has 2 rings (SSSR count). The number of hydrogen-bond acceptors (Lipinski definition) is 3. The predicted octanol–water partition coefficient (Wildman–Crippen LogP) is 0.576. The van der Waals surface area contributed by atoms with Crippen LogP contribution in [0.2, 0.25) is 0 Å². The zero-order valence-corrected chi connectivity index (χ0v) is 9.10. The van der Waals surface area contributed by atoms with E-state index in [1.54, 1.807) is 0 Å². The highest BCUT2D eigenvalue weighted by Crippen LogP contribution is 2.29. The number of nitrogens with two attached hydrogens (primary N) is 1. The molecule has 2 aliphatic rings. The van der Waals surface area contributed by atoms with Gasteiger partial charge in [0.25, 0.3) is 0 Å². The lowest BCUT2D eigenvalue weighted by molar-refractivity contribution is -0.135. The van der Waals surface area contributed by atoms with E-state index in [0.29, 0.717) is 0 Å². The average Bonchev–Trinajstić information content (AvgIpc) is 2.83. The number of nitriles is 1. The van der Waals surface area contributed by atoms with Crippen molar-refractivity contribution in [2.45, 2.75) is 43.9 Å². The molecular weight excluding hydrogens is 209 g/mol. The van der Waals surface area contributed by atoms with E-state index < -0.39 is 12.2 Å². The summed E-state index contributed by atoms with van der Waals surface area (Å²) in [6, 6.07) is 1.27. The van der Waals surface area contributed by atoms with Gasteiger partial charge in [-0.2, -0.15) is 5.26 Å². The van der Waals surface area contributed by atoms with Crippen molar-refractivity contribution in [2.75, 3.05) is 6.54 Å². The number of carbonyl (C=O) groups is 1. The Kier molecular flexibility index (Phi) is 3.10. The second-order valence-corrected chi connectivity index (χ2v) is 4.67. The van der Waals surface area contributed by atoms with Crippen LogP contribution in [0.3, 0.4) is 0 Å². The maximum Gasteiger partial charge on any atom is 0.228 e. The Hall–Kier alpha value is -1.15. The van der Waals surface area contributed by atoms with Gasteiger partial charge >= 0.3 is 0 Å². The molecule has 1 aliphatic carbocycles. The second kappa shape index (κ2) is 4.38. The summed E-state index contributed by atoms with van der Waals surface area (Å²) < 4.78 is 13.2. The van der Waals surface area contributed by atoms with E-state index in [4.69, 9.17) is 11.0 Å². The zero-order chi connectivity index (χ0) is 11.7. The molecule has 2 unspecified atom stereocenters. The molecule has 0 aromatic carbocycles. The number of alkyl halides is 1. The lowest BCUT2D eigenvalue weighted by atomic mass is 10.0. The fourth-order valence-corrected chi connectivity index (χ4v) is 2.66. The molecule has 0 spiro atoms. The van der Waals surface area contributed by atoms with Crippen molar-refractivity contribution in [3.05, 3.63) is 0 Å². The van der Waals surface area contributed by atoms with Crippen molar-refractivity contribution in [3.63, 3.8) is 0 Å². The molecule has 4 atom stereocenters. The summed E-state index contributed by atoms with van der Waals surface area (Å²) in [4.78, 5) is 13.5. The summed E-state index contributed by atoms with van der Waals surface area (Å²) in [7, 11) is 0. The number of likely N-dealkylation sites (tertiary alicyclic amines) is 1. The number of nitrogens with zero attached hydrogens (tertiary/aromatic N) is 2. The molecule has 0 radical (unpaired) electrons. The topological polar surface area (TPSA) is 70.1 Å². The van der Waals surface area contributed by atoms with E-state index in [1.807, 2.05) is 6.07 Å². The normalized spacial score (nSPS) is 38.7. The molecule has 88 valence electrons. The van der Waals surface area contributed by atoms with E-state index in [-0.39, 0.29) is 30.8 Å². The van der Waals surface area contributed by atoms with E-state index in [1.165, 1.54) is 4.90 Å². The molecule has 1 saturated heterocycles. The van der Waals surface area contributed by atoms with E-state index >= 15 is 0 Å². The summed E-state index contributed by atoms with van der Waals surface area (Å²) in [5.74, 6) is -0.335. The summed E-state index contributed by atoms with van der Waals surface area (Å²) >= 11 is 0. The van der Waals surface area contributed by atoms with Crippen LogP contribution >= 0.6 is 0 Å². The third-order valence-electron chi connectivity index (χ3n) is 3.57. The molecule has 2 fully saturated rings. The minimum Gasteiger partial charge on any atom is -0.327 e. The zero-order valence-electron chi connectivity index (χ0n) is 9.10. The standard InChI is InChI=1S/C11H16FN3O/c12-7-4-8(5-13)15(6-7)11(16)9-2-1-3-10(9)14/h7-10H,1-4,6,14H2/t7-,8-,9?,10?/m0/s1. The first-order valence-electron chi connectivity index (χ1n) is 5.73. The Morgan fingerprint density at radius 1 is 1.50 bits per heavy atom. The number of halogens is 1. The van der Waals surface area contributed by atoms with Crippen LogP contribution in [0.25, 0.3) is 0 Å². The highest BCUT2D eigenvalue weighted by atomic mass is 19.1. The van der Waals surface area contributed by atoms with Crippen molar-refractivity contribution in [1.29, 1.82) is 5.26 Å². The first kappa shape index (κ1) is 11.3. The van der Waals surface area contributed by atoms with Gasteiger partial charge < -0.3 is 10.6 Å². The Morgan fingerprint density at radius 2 is 2.25 bits per heavy atom. The van der Waals surface area contributed by atoms with Crippen LogP contribution in [0.4, 0.5) is 4.39 Å². The lowest BCUT2D eigenvalue weighted by Gasteiger charge is -2.24. The fourth-order valence-electron chi connectivity index (χ4n) is 2.66. The van der Waals surface area contributed by atoms with Gasteiger partial charge in [-0.25, -0.2) is 4.39 Å². The van der Waals surface area contributed by atoms with Crippen LogP contribution < -0.4 is 5.73 Å². The molecule has 1 amide bonds. The van der Waals surface area contributed by atoms with Crippen molar-refractivity contribution < 1.29 is 9.18 Å². The van der Waals surface area contributed by atoms with Gasteiger partial charge in [-0.1, -0.05) is 6.42 Å². The third-order valence-corrected chi connectivity index (χ3v) is 3.57. The van der Waals surface area contributed by atoms with Crippen LogP contribution in [-0.4, -0.2) is 35.6 Å². The minimum absolute atomic E-state index is 0.0558. The highest BCUT2D eigenvalue weighted by Gasteiger charge is 2.41. The maximum atomic E-state index is 13.2. The molecule has 0 aromatic heterocycles. The van der Waals surface area contributed by atoms with Crippen molar-refractivity contribution in [1.82, 2.24) is 4.90 Å². The Labute approximate surface area is 94.2 Å². The summed E-state index contributed by atoms with van der Waals surface area (Å²) in [5.41, 5.74) is 5.84. The first-order chi connectivity index (χ1) is 7.63. The van der Waals surface area contributed by atoms with Gasteiger partial charge in [-0.05, 0) is 12.8 Å². The number of rotatable bonds is 1. The molecule has 1 saturated carbocycles. The van der Waals surface area contributed by atoms with Gasteiger partial charge in [0.05, 0.1) is 18.5 Å². The van der Waals surface area contributed by atoms with Gasteiger partial charge in [0, 0.05) is 12.5 Å². The van der Waals surface area contributed by atoms with Crippen molar-refractivity contribution >= 4 is 5.91 Å². The number of hydrogen-bond donors (Lipinski definition) is 1.